The summed E-state index contributed by atoms with van der Waals surface area (Å²) in [4.78, 5) is 22.7. The molecule has 1 fully saturated rings. The number of carboxylic acid groups (broad SMARTS) is 2. The van der Waals surface area contributed by atoms with Gasteiger partial charge in [-0.25, -0.2) is 0 Å². The average molecular weight is 216 g/mol. The molecule has 0 aromatic carbocycles. The summed E-state index contributed by atoms with van der Waals surface area (Å²) >= 11 is 0. The Morgan fingerprint density at radius 1 is 1.27 bits per heavy atom. The van der Waals surface area contributed by atoms with E-state index >= 15 is 0 Å². The molecule has 0 aromatic rings. The monoisotopic (exact) mass is 216 g/mol. The van der Waals surface area contributed by atoms with Crippen LogP contribution in [-0.2, 0) is 9.59 Å². The van der Waals surface area contributed by atoms with E-state index in [0.29, 0.717) is 19.5 Å². The predicted octanol–water partition coefficient (Wildman–Crippen LogP) is -0.805. The Morgan fingerprint density at radius 3 is 2.47 bits per heavy atom. The van der Waals surface area contributed by atoms with Crippen LogP contribution in [0, 0.1) is 5.92 Å². The topological polar surface area (TPSA) is 104 Å². The maximum absolute atomic E-state index is 10.5. The third kappa shape index (κ3) is 4.26. The summed E-state index contributed by atoms with van der Waals surface area (Å²) in [7, 11) is 0. The van der Waals surface area contributed by atoms with Gasteiger partial charge < -0.3 is 15.9 Å². The van der Waals surface area contributed by atoms with Crippen molar-refractivity contribution in [3.05, 3.63) is 0 Å². The van der Waals surface area contributed by atoms with Gasteiger partial charge in [-0.05, 0) is 12.3 Å². The van der Waals surface area contributed by atoms with E-state index < -0.39 is 11.9 Å². The molecule has 0 bridgehead atoms. The molecule has 1 aliphatic heterocycles. The van der Waals surface area contributed by atoms with E-state index in [0.717, 1.165) is 0 Å². The summed E-state index contributed by atoms with van der Waals surface area (Å²) in [6.45, 7) is 0.971. The van der Waals surface area contributed by atoms with Gasteiger partial charge in [0.05, 0.1) is 6.54 Å². The number of nitrogens with two attached hydrogens (primary N) is 1. The lowest BCUT2D eigenvalue weighted by Gasteiger charge is -2.34. The normalized spacial score (nSPS) is 27.5. The minimum absolute atomic E-state index is 0.0365. The Morgan fingerprint density at radius 2 is 1.93 bits per heavy atom. The molecule has 0 amide bonds. The van der Waals surface area contributed by atoms with Crippen molar-refractivity contribution in [1.29, 1.82) is 0 Å². The predicted molar refractivity (Wildman–Crippen MR) is 52.4 cm³/mol. The molecule has 0 aliphatic carbocycles. The molecule has 6 heteroatoms. The first-order valence-electron chi connectivity index (χ1n) is 4.89. The molecule has 0 radical (unpaired) electrons. The fourth-order valence-corrected chi connectivity index (χ4v) is 2.06. The van der Waals surface area contributed by atoms with Gasteiger partial charge in [0, 0.05) is 25.6 Å². The summed E-state index contributed by atoms with van der Waals surface area (Å²) < 4.78 is 0. The summed E-state index contributed by atoms with van der Waals surface area (Å²) in [6, 6.07) is -0.123. The number of nitrogens with zero attached hydrogens (tertiary/aromatic N) is 1. The highest BCUT2D eigenvalue weighted by molar-refractivity contribution is 5.69. The van der Waals surface area contributed by atoms with Crippen LogP contribution in [0.1, 0.15) is 12.8 Å². The highest BCUT2D eigenvalue weighted by Crippen LogP contribution is 2.18. The minimum atomic E-state index is -0.904. The lowest BCUT2D eigenvalue weighted by Crippen LogP contribution is -2.48. The van der Waals surface area contributed by atoms with Crippen LogP contribution < -0.4 is 5.73 Å². The van der Waals surface area contributed by atoms with Crippen LogP contribution in [0.2, 0.25) is 0 Å². The number of piperidine rings is 1. The first kappa shape index (κ1) is 11.9. The lowest BCUT2D eigenvalue weighted by atomic mass is 9.92. The summed E-state index contributed by atoms with van der Waals surface area (Å²) in [6.07, 6.45) is 0.715. The van der Waals surface area contributed by atoms with Gasteiger partial charge in [-0.3, -0.25) is 14.5 Å². The third-order valence-electron chi connectivity index (χ3n) is 2.47. The van der Waals surface area contributed by atoms with Gasteiger partial charge in [-0.15, -0.1) is 0 Å². The molecular weight excluding hydrogens is 200 g/mol. The van der Waals surface area contributed by atoms with Gasteiger partial charge in [-0.2, -0.15) is 0 Å². The number of carbonyl (C=O) groups is 2. The zero-order chi connectivity index (χ0) is 11.4. The number of carboxylic acids is 2. The number of rotatable bonds is 4. The molecule has 0 aromatic heterocycles. The Hall–Kier alpha value is -1.14. The molecule has 1 aliphatic rings. The lowest BCUT2D eigenvalue weighted by molar-refractivity contribution is -0.139. The Labute approximate surface area is 87.7 Å². The van der Waals surface area contributed by atoms with E-state index in [-0.39, 0.29) is 24.9 Å². The van der Waals surface area contributed by atoms with Gasteiger partial charge in [-0.1, -0.05) is 0 Å². The van der Waals surface area contributed by atoms with Gasteiger partial charge in [0.25, 0.3) is 0 Å². The van der Waals surface area contributed by atoms with Crippen molar-refractivity contribution in [2.75, 3.05) is 19.6 Å². The molecule has 86 valence electrons. The van der Waals surface area contributed by atoms with Gasteiger partial charge in [0.1, 0.15) is 0 Å². The van der Waals surface area contributed by atoms with Crippen LogP contribution in [0.5, 0.6) is 0 Å². The van der Waals surface area contributed by atoms with Gasteiger partial charge >= 0.3 is 11.9 Å². The number of aliphatic carboxylic acids is 2. The fourth-order valence-electron chi connectivity index (χ4n) is 2.06. The minimum Gasteiger partial charge on any atom is -0.481 e. The number of hydrogen-bond acceptors (Lipinski definition) is 4. The Balaban J connectivity index is 2.47. The molecule has 6 nitrogen and oxygen atoms in total. The second kappa shape index (κ2) is 5.09. The van der Waals surface area contributed by atoms with Crippen LogP contribution in [0.25, 0.3) is 0 Å². The van der Waals surface area contributed by atoms with Crippen molar-refractivity contribution in [1.82, 2.24) is 4.90 Å². The van der Waals surface area contributed by atoms with Crippen LogP contribution >= 0.6 is 0 Å². The number of hydrogen-bond donors (Lipinski definition) is 3. The molecule has 1 saturated heterocycles. The molecular formula is C9H16N2O4. The molecule has 1 heterocycles. The van der Waals surface area contributed by atoms with Crippen LogP contribution in [0.4, 0.5) is 0 Å². The highest BCUT2D eigenvalue weighted by atomic mass is 16.4. The van der Waals surface area contributed by atoms with Crippen LogP contribution in [-0.4, -0.2) is 52.7 Å². The van der Waals surface area contributed by atoms with Crippen molar-refractivity contribution in [2.45, 2.75) is 18.9 Å². The van der Waals surface area contributed by atoms with Crippen molar-refractivity contribution in [3.63, 3.8) is 0 Å². The van der Waals surface area contributed by atoms with E-state index in [2.05, 4.69) is 0 Å². The van der Waals surface area contributed by atoms with Gasteiger partial charge in [0.15, 0.2) is 0 Å². The van der Waals surface area contributed by atoms with Crippen molar-refractivity contribution < 1.29 is 19.8 Å². The van der Waals surface area contributed by atoms with Crippen molar-refractivity contribution >= 4 is 11.9 Å². The van der Waals surface area contributed by atoms with E-state index in [1.165, 1.54) is 0 Å². The van der Waals surface area contributed by atoms with Crippen molar-refractivity contribution in [3.8, 4) is 0 Å². The largest absolute Gasteiger partial charge is 0.481 e. The Bertz CT molecular complexity index is 232. The first-order valence-corrected chi connectivity index (χ1v) is 4.89. The number of likely N-dealkylation sites (tertiary alicyclic amines) is 1. The average Bonchev–Trinajstić information content (AvgIpc) is 1.98. The first-order chi connectivity index (χ1) is 6.97. The molecule has 1 rings (SSSR count). The standard InChI is InChI=1S/C9H16N2O4/c10-7-1-6(2-8(12)13)3-11(4-7)5-9(14)15/h6-7H,1-5,10H2,(H,12,13)(H,14,15). The van der Waals surface area contributed by atoms with Gasteiger partial charge in [0.2, 0.25) is 0 Å². The van der Waals surface area contributed by atoms with Crippen molar-refractivity contribution in [2.24, 2.45) is 11.7 Å². The van der Waals surface area contributed by atoms with E-state index in [1.54, 1.807) is 4.90 Å². The fraction of sp³-hybridized carbons (Fsp3) is 0.778. The molecule has 2 unspecified atom stereocenters. The van der Waals surface area contributed by atoms with E-state index in [1.807, 2.05) is 0 Å². The second-order valence-electron chi connectivity index (χ2n) is 4.05. The summed E-state index contributed by atoms with van der Waals surface area (Å²) in [5.74, 6) is -1.80. The SMILES string of the molecule is NC1CC(CC(=O)O)CN(CC(=O)O)C1. The molecule has 4 N–H and O–H groups in total. The molecule has 0 spiro atoms. The maximum atomic E-state index is 10.5. The Kier molecular flexibility index (Phi) is 4.05. The smallest absolute Gasteiger partial charge is 0.317 e. The maximum Gasteiger partial charge on any atom is 0.317 e. The van der Waals surface area contributed by atoms with Crippen LogP contribution in [0.3, 0.4) is 0 Å². The molecule has 2 atom stereocenters. The van der Waals surface area contributed by atoms with E-state index in [4.69, 9.17) is 15.9 Å². The van der Waals surface area contributed by atoms with Crippen LogP contribution in [0.15, 0.2) is 0 Å². The molecule has 15 heavy (non-hydrogen) atoms. The van der Waals surface area contributed by atoms with E-state index in [9.17, 15) is 9.59 Å². The summed E-state index contributed by atoms with van der Waals surface area (Å²) in [5.41, 5.74) is 5.74. The second-order valence-corrected chi connectivity index (χ2v) is 4.05. The third-order valence-corrected chi connectivity index (χ3v) is 2.47. The molecule has 0 saturated carbocycles. The zero-order valence-corrected chi connectivity index (χ0v) is 8.43. The highest BCUT2D eigenvalue weighted by Gasteiger charge is 2.27. The zero-order valence-electron chi connectivity index (χ0n) is 8.43. The summed E-state index contributed by atoms with van der Waals surface area (Å²) in [5, 5.41) is 17.3. The quantitative estimate of drug-likeness (QED) is 0.568.